The summed E-state index contributed by atoms with van der Waals surface area (Å²) in [4.78, 5) is 0. The van der Waals surface area contributed by atoms with Gasteiger partial charge in [-0.3, -0.25) is 12.5 Å². The fourth-order valence-electron chi connectivity index (χ4n) is 5.25. The monoisotopic (exact) mass is 864 g/mol. The van der Waals surface area contributed by atoms with Crippen molar-refractivity contribution < 1.29 is 140 Å². The van der Waals surface area contributed by atoms with Gasteiger partial charge in [0.15, 0.2) is 0 Å². The van der Waals surface area contributed by atoms with Crippen molar-refractivity contribution in [2.75, 3.05) is 19.8 Å². The molecule has 18 heteroatoms. The first kappa shape index (κ1) is 68.3. The molecule has 54 heavy (non-hydrogen) atoms. The molecule has 0 heterocycles. The quantitative estimate of drug-likeness (QED) is 0.0378. The Labute approximate surface area is 400 Å². The van der Waals surface area contributed by atoms with E-state index in [9.17, 15) is 38.9 Å². The molecule has 0 aliphatic carbocycles. The maximum atomic E-state index is 10.1. The van der Waals surface area contributed by atoms with E-state index in [1.807, 2.05) is 0 Å². The van der Waals surface area contributed by atoms with Crippen LogP contribution >= 0.6 is 0 Å². The van der Waals surface area contributed by atoms with Crippen LogP contribution in [0.4, 0.5) is 0 Å². The van der Waals surface area contributed by atoms with Crippen molar-refractivity contribution in [3.63, 3.8) is 0 Å². The van der Waals surface area contributed by atoms with Crippen LogP contribution in [0.25, 0.3) is 0 Å². The number of rotatable bonds is 36. The predicted molar refractivity (Wildman–Crippen MR) is 202 cm³/mol. The molecule has 0 unspecified atom stereocenters. The van der Waals surface area contributed by atoms with Crippen LogP contribution in [0, 0.1) is 0 Å². The van der Waals surface area contributed by atoms with Gasteiger partial charge in [0.05, 0.1) is 19.8 Å². The summed E-state index contributed by atoms with van der Waals surface area (Å²) in [7, 11) is -13.5. The fourth-order valence-corrected chi connectivity index (χ4v) is 6.22. The standard InChI is InChI=1S/3C12H26O4S.3Na/c3*1-2-3-4-5-6-7-8-9-10-11-12-16-17(13,14)15;;;/h3*2-12H2,1H3,(H,13,14,15);;;/q;;;3*+1/p-3. The third-order valence-electron chi connectivity index (χ3n) is 8.18. The van der Waals surface area contributed by atoms with Gasteiger partial charge in [0, 0.05) is 0 Å². The molecule has 0 spiro atoms. The summed E-state index contributed by atoms with van der Waals surface area (Å²) in [5, 5.41) is 0. The van der Waals surface area contributed by atoms with Crippen molar-refractivity contribution in [2.24, 2.45) is 0 Å². The van der Waals surface area contributed by atoms with Crippen molar-refractivity contribution >= 4 is 31.2 Å². The van der Waals surface area contributed by atoms with Gasteiger partial charge in [-0.2, -0.15) is 0 Å². The van der Waals surface area contributed by atoms with Crippen molar-refractivity contribution in [1.29, 1.82) is 0 Å². The molecule has 0 aliphatic heterocycles. The van der Waals surface area contributed by atoms with Gasteiger partial charge >= 0.3 is 88.7 Å². The molecule has 0 fully saturated rings. The topological polar surface area (TPSA) is 199 Å². The average molecular weight is 865 g/mol. The SMILES string of the molecule is CCCCCCCCCCCCOS(=O)(=O)[O-].CCCCCCCCCCCCOS(=O)(=O)[O-].CCCCCCCCCCCCOS(=O)(=O)[O-].[Na+].[Na+].[Na+]. The average Bonchev–Trinajstić information content (AvgIpc) is 3.04. The molecule has 0 radical (unpaired) electrons. The molecule has 312 valence electrons. The Morgan fingerprint density at radius 3 is 0.537 bits per heavy atom. The molecular formula is C36H75Na3O12S3. The summed E-state index contributed by atoms with van der Waals surface area (Å²) in [6.45, 7) is 6.73. The largest absolute Gasteiger partial charge is 1.00 e. The van der Waals surface area contributed by atoms with E-state index in [0.29, 0.717) is 19.3 Å². The molecule has 0 rings (SSSR count). The van der Waals surface area contributed by atoms with Gasteiger partial charge in [-0.05, 0) is 19.3 Å². The van der Waals surface area contributed by atoms with Crippen LogP contribution in [0.3, 0.4) is 0 Å². The van der Waals surface area contributed by atoms with E-state index in [2.05, 4.69) is 33.3 Å². The Morgan fingerprint density at radius 2 is 0.407 bits per heavy atom. The van der Waals surface area contributed by atoms with Crippen molar-refractivity contribution in [3.8, 4) is 0 Å². The van der Waals surface area contributed by atoms with Crippen LogP contribution in [-0.2, 0) is 43.7 Å². The Hall–Kier alpha value is 2.61. The number of hydrogen-bond acceptors (Lipinski definition) is 12. The zero-order valence-electron chi connectivity index (χ0n) is 35.5. The summed E-state index contributed by atoms with van der Waals surface area (Å²) >= 11 is 0. The second-order valence-electron chi connectivity index (χ2n) is 13.2. The third-order valence-corrected chi connectivity index (χ3v) is 9.54. The summed E-state index contributed by atoms with van der Waals surface area (Å²) in [5.74, 6) is 0. The van der Waals surface area contributed by atoms with Crippen molar-refractivity contribution in [2.45, 2.75) is 213 Å². The predicted octanol–water partition coefficient (Wildman–Crippen LogP) is 1.16. The van der Waals surface area contributed by atoms with E-state index in [1.54, 1.807) is 0 Å². The van der Waals surface area contributed by atoms with Crippen molar-refractivity contribution in [3.05, 3.63) is 0 Å². The first-order valence-corrected chi connectivity index (χ1v) is 24.0. The van der Waals surface area contributed by atoms with Crippen LogP contribution < -0.4 is 88.7 Å². The number of hydrogen-bond donors (Lipinski definition) is 0. The molecule has 0 N–H and O–H groups in total. The van der Waals surface area contributed by atoms with E-state index < -0.39 is 31.2 Å². The molecule has 0 aliphatic rings. The summed E-state index contributed by atoms with van der Waals surface area (Å²) in [5.41, 5.74) is 0. The van der Waals surface area contributed by atoms with Gasteiger partial charge in [0.2, 0.25) is 31.2 Å². The van der Waals surface area contributed by atoms with Crippen LogP contribution in [-0.4, -0.2) is 58.7 Å². The summed E-state index contributed by atoms with van der Waals surface area (Å²) in [6.07, 6.45) is 35.1. The molecule has 0 aromatic carbocycles. The minimum atomic E-state index is -4.48. The molecule has 12 nitrogen and oxygen atoms in total. The van der Waals surface area contributed by atoms with Gasteiger partial charge in [-0.1, -0.05) is 194 Å². The molecule has 0 saturated heterocycles. The molecule has 0 aromatic heterocycles. The summed E-state index contributed by atoms with van der Waals surface area (Å²) < 4.78 is 103. The third kappa shape index (κ3) is 78.9. The molecule has 0 bridgehead atoms. The molecule has 0 amide bonds. The maximum absolute atomic E-state index is 10.1. The maximum Gasteiger partial charge on any atom is 1.00 e. The Kier molecular flexibility index (Phi) is 65.5. The first-order valence-electron chi connectivity index (χ1n) is 20.0. The van der Waals surface area contributed by atoms with Gasteiger partial charge in [-0.15, -0.1) is 0 Å². The first-order chi connectivity index (χ1) is 24.2. The molecule has 0 aromatic rings. The van der Waals surface area contributed by atoms with Gasteiger partial charge in [0.25, 0.3) is 0 Å². The van der Waals surface area contributed by atoms with Gasteiger partial charge in [-0.25, -0.2) is 25.3 Å². The minimum Gasteiger partial charge on any atom is -0.726 e. The van der Waals surface area contributed by atoms with Gasteiger partial charge in [0.1, 0.15) is 0 Å². The van der Waals surface area contributed by atoms with E-state index in [0.717, 1.165) is 38.5 Å². The second-order valence-corrected chi connectivity index (χ2v) is 16.4. The smallest absolute Gasteiger partial charge is 0.726 e. The minimum absolute atomic E-state index is 0. The molecular weight excluding hydrogens is 790 g/mol. The Balaban J connectivity index is -0.000000156. The molecule has 0 atom stereocenters. The Bertz CT molecular complexity index is 893. The van der Waals surface area contributed by atoms with E-state index in [4.69, 9.17) is 0 Å². The van der Waals surface area contributed by atoms with Crippen LogP contribution in [0.2, 0.25) is 0 Å². The molecule has 0 saturated carbocycles. The van der Waals surface area contributed by atoms with E-state index in [-0.39, 0.29) is 108 Å². The van der Waals surface area contributed by atoms with Crippen LogP contribution in [0.15, 0.2) is 0 Å². The van der Waals surface area contributed by atoms with Crippen LogP contribution in [0.5, 0.6) is 0 Å². The van der Waals surface area contributed by atoms with Crippen molar-refractivity contribution in [1.82, 2.24) is 0 Å². The second kappa shape index (κ2) is 51.8. The van der Waals surface area contributed by atoms with E-state index >= 15 is 0 Å². The zero-order chi connectivity index (χ0) is 39.0. The fraction of sp³-hybridized carbons (Fsp3) is 1.00. The Morgan fingerprint density at radius 1 is 0.278 bits per heavy atom. The summed E-state index contributed by atoms with van der Waals surface area (Å²) in [6, 6.07) is 0. The number of unbranched alkanes of at least 4 members (excludes halogenated alkanes) is 27. The van der Waals surface area contributed by atoms with Crippen LogP contribution in [0.1, 0.15) is 213 Å². The normalized spacial score (nSPS) is 11.2. The van der Waals surface area contributed by atoms with E-state index in [1.165, 1.54) is 135 Å². The zero-order valence-corrected chi connectivity index (χ0v) is 43.9. The van der Waals surface area contributed by atoms with Gasteiger partial charge < -0.3 is 13.7 Å².